The van der Waals surface area contributed by atoms with Crippen LogP contribution in [0.5, 0.6) is 0 Å². The lowest BCUT2D eigenvalue weighted by Crippen LogP contribution is -1.88. The summed E-state index contributed by atoms with van der Waals surface area (Å²) >= 11 is 0. The normalized spacial score (nSPS) is 10.4. The molecule has 1 heteroatoms. The maximum absolute atomic E-state index is 15.1. The van der Waals surface area contributed by atoms with Gasteiger partial charge in [-0.1, -0.05) is 99.6 Å². The van der Waals surface area contributed by atoms with E-state index in [1.807, 2.05) is 30.3 Å². The largest absolute Gasteiger partial charge is 0.205 e. The molecule has 4 aromatic carbocycles. The summed E-state index contributed by atoms with van der Waals surface area (Å²) in [5, 5.41) is 1.40. The van der Waals surface area contributed by atoms with Crippen LogP contribution < -0.4 is 0 Å². The highest BCUT2D eigenvalue weighted by Crippen LogP contribution is 2.22. The number of rotatable bonds is 7. The Morgan fingerprint density at radius 1 is 0.583 bits per heavy atom. The fourth-order valence-electron chi connectivity index (χ4n) is 4.26. The molecule has 4 rings (SSSR count). The summed E-state index contributed by atoms with van der Waals surface area (Å²) < 4.78 is 15.1. The lowest BCUT2D eigenvalue weighted by atomic mass is 10.0. The van der Waals surface area contributed by atoms with Gasteiger partial charge >= 0.3 is 0 Å². The number of unbranched alkanes of at least 4 members (excludes halogenated alkanes) is 4. The van der Waals surface area contributed by atoms with E-state index in [1.165, 1.54) is 43.2 Å². The summed E-state index contributed by atoms with van der Waals surface area (Å²) in [6.07, 6.45) is 8.62. The van der Waals surface area contributed by atoms with Crippen LogP contribution >= 0.6 is 0 Å². The van der Waals surface area contributed by atoms with Crippen LogP contribution in [0.15, 0.2) is 78.9 Å². The van der Waals surface area contributed by atoms with Crippen LogP contribution in [0.1, 0.15) is 79.3 Å². The summed E-state index contributed by atoms with van der Waals surface area (Å²) in [6.45, 7) is 4.37. The predicted molar refractivity (Wildman–Crippen MR) is 151 cm³/mol. The van der Waals surface area contributed by atoms with E-state index >= 15 is 4.39 Å². The topological polar surface area (TPSA) is 0 Å². The maximum atomic E-state index is 15.1. The average Bonchev–Trinajstić information content (AvgIpc) is 2.92. The van der Waals surface area contributed by atoms with E-state index in [0.29, 0.717) is 10.9 Å². The van der Waals surface area contributed by atoms with Gasteiger partial charge in [0.1, 0.15) is 5.82 Å². The van der Waals surface area contributed by atoms with Crippen molar-refractivity contribution in [3.63, 3.8) is 0 Å². The standard InChI is InChI=1S/C35H33F/c1-3-5-6-7-8-9-28-14-16-29(17-15-28)18-19-31-21-25-34-33(26-31)24-23-32(35(34)36)22-20-30-12-10-27(4-2)11-13-30/h10-17,21,23-26H,3-9H2,1-2H3. The van der Waals surface area contributed by atoms with Gasteiger partial charge in [-0.05, 0) is 78.2 Å². The van der Waals surface area contributed by atoms with Crippen molar-refractivity contribution in [1.29, 1.82) is 0 Å². The SMILES string of the molecule is CCCCCCCc1ccc(C#Cc2ccc3c(F)c(C#Cc4ccc(CC)cc4)ccc3c2)cc1. The van der Waals surface area contributed by atoms with Crippen LogP contribution in [0.4, 0.5) is 4.39 Å². The molecule has 0 aliphatic rings. The van der Waals surface area contributed by atoms with Crippen molar-refractivity contribution in [3.05, 3.63) is 118 Å². The summed E-state index contributed by atoms with van der Waals surface area (Å²) in [5.41, 5.74) is 5.80. The molecule has 0 spiro atoms. The Morgan fingerprint density at radius 2 is 1.19 bits per heavy atom. The molecule has 0 heterocycles. The second kappa shape index (κ2) is 12.8. The molecular weight excluding hydrogens is 439 g/mol. The highest BCUT2D eigenvalue weighted by atomic mass is 19.1. The third kappa shape index (κ3) is 6.87. The van der Waals surface area contributed by atoms with E-state index in [-0.39, 0.29) is 5.82 Å². The Morgan fingerprint density at radius 3 is 1.89 bits per heavy atom. The molecule has 0 aliphatic heterocycles. The summed E-state index contributed by atoms with van der Waals surface area (Å²) in [6, 6.07) is 25.9. The van der Waals surface area contributed by atoms with E-state index in [1.54, 1.807) is 12.1 Å². The number of hydrogen-bond donors (Lipinski definition) is 0. The van der Waals surface area contributed by atoms with Crippen molar-refractivity contribution in [2.45, 2.75) is 58.8 Å². The Labute approximate surface area is 215 Å². The van der Waals surface area contributed by atoms with Crippen molar-refractivity contribution < 1.29 is 4.39 Å². The summed E-state index contributed by atoms with van der Waals surface area (Å²) in [4.78, 5) is 0. The number of aryl methyl sites for hydroxylation is 2. The first kappa shape index (κ1) is 25.3. The van der Waals surface area contributed by atoms with Gasteiger partial charge < -0.3 is 0 Å². The maximum Gasteiger partial charge on any atom is 0.146 e. The van der Waals surface area contributed by atoms with Gasteiger partial charge in [-0.2, -0.15) is 0 Å². The van der Waals surface area contributed by atoms with E-state index in [4.69, 9.17) is 0 Å². The molecule has 0 atom stereocenters. The molecule has 0 N–H and O–H groups in total. The fraction of sp³-hybridized carbons (Fsp3) is 0.257. The zero-order valence-corrected chi connectivity index (χ0v) is 21.3. The minimum atomic E-state index is -0.282. The highest BCUT2D eigenvalue weighted by Gasteiger charge is 2.06. The van der Waals surface area contributed by atoms with E-state index in [0.717, 1.165) is 34.9 Å². The highest BCUT2D eigenvalue weighted by molar-refractivity contribution is 5.86. The van der Waals surface area contributed by atoms with Crippen molar-refractivity contribution >= 4 is 10.8 Å². The lowest BCUT2D eigenvalue weighted by molar-refractivity contribution is 0.632. The molecule has 0 aromatic heterocycles. The van der Waals surface area contributed by atoms with E-state index < -0.39 is 0 Å². The van der Waals surface area contributed by atoms with Crippen LogP contribution in [-0.2, 0) is 12.8 Å². The van der Waals surface area contributed by atoms with Crippen LogP contribution in [0.25, 0.3) is 10.8 Å². The smallest absolute Gasteiger partial charge is 0.146 e. The van der Waals surface area contributed by atoms with Crippen molar-refractivity contribution in [2.75, 3.05) is 0 Å². The Kier molecular flexibility index (Phi) is 8.97. The fourth-order valence-corrected chi connectivity index (χ4v) is 4.26. The van der Waals surface area contributed by atoms with Gasteiger partial charge in [-0.25, -0.2) is 4.39 Å². The quantitative estimate of drug-likeness (QED) is 0.186. The van der Waals surface area contributed by atoms with Gasteiger partial charge in [0.05, 0.1) is 5.56 Å². The van der Waals surface area contributed by atoms with Crippen LogP contribution in [-0.4, -0.2) is 0 Å². The zero-order chi connectivity index (χ0) is 25.2. The third-order valence-electron chi connectivity index (χ3n) is 6.53. The van der Waals surface area contributed by atoms with E-state index in [2.05, 4.69) is 73.9 Å². The molecule has 0 saturated carbocycles. The molecule has 4 aromatic rings. The van der Waals surface area contributed by atoms with Gasteiger partial charge in [-0.15, -0.1) is 0 Å². The van der Waals surface area contributed by atoms with Crippen molar-refractivity contribution in [2.24, 2.45) is 0 Å². The monoisotopic (exact) mass is 472 g/mol. The van der Waals surface area contributed by atoms with Gasteiger partial charge in [0.15, 0.2) is 0 Å². The molecular formula is C35H33F. The molecule has 0 unspecified atom stereocenters. The van der Waals surface area contributed by atoms with Crippen LogP contribution in [0.2, 0.25) is 0 Å². The molecule has 0 amide bonds. The van der Waals surface area contributed by atoms with Crippen LogP contribution in [0.3, 0.4) is 0 Å². The molecule has 0 aliphatic carbocycles. The molecule has 0 nitrogen and oxygen atoms in total. The lowest BCUT2D eigenvalue weighted by Gasteiger charge is -2.03. The Bertz CT molecular complexity index is 1420. The number of benzene rings is 4. The van der Waals surface area contributed by atoms with Crippen molar-refractivity contribution in [1.82, 2.24) is 0 Å². The summed E-state index contributed by atoms with van der Waals surface area (Å²) in [7, 11) is 0. The molecule has 0 fully saturated rings. The Balaban J connectivity index is 1.44. The van der Waals surface area contributed by atoms with Gasteiger partial charge in [0.25, 0.3) is 0 Å². The third-order valence-corrected chi connectivity index (χ3v) is 6.53. The van der Waals surface area contributed by atoms with Gasteiger partial charge in [0, 0.05) is 22.1 Å². The second-order valence-electron chi connectivity index (χ2n) is 9.27. The molecule has 0 saturated heterocycles. The molecule has 36 heavy (non-hydrogen) atoms. The minimum Gasteiger partial charge on any atom is -0.205 e. The average molecular weight is 473 g/mol. The zero-order valence-electron chi connectivity index (χ0n) is 21.3. The van der Waals surface area contributed by atoms with Gasteiger partial charge in [-0.3, -0.25) is 0 Å². The Hall–Kier alpha value is -3.81. The van der Waals surface area contributed by atoms with E-state index in [9.17, 15) is 0 Å². The molecule has 180 valence electrons. The molecule has 0 radical (unpaired) electrons. The summed E-state index contributed by atoms with van der Waals surface area (Å²) in [5.74, 6) is 12.3. The van der Waals surface area contributed by atoms with Crippen molar-refractivity contribution in [3.8, 4) is 23.7 Å². The van der Waals surface area contributed by atoms with Gasteiger partial charge in [0.2, 0.25) is 0 Å². The molecule has 0 bridgehead atoms. The second-order valence-corrected chi connectivity index (χ2v) is 9.27. The minimum absolute atomic E-state index is 0.282. The first-order chi connectivity index (χ1) is 17.7. The predicted octanol–water partition coefficient (Wildman–Crippen LogP) is 8.85. The number of halogens is 1. The first-order valence-corrected chi connectivity index (χ1v) is 13.1. The first-order valence-electron chi connectivity index (χ1n) is 13.1. The number of fused-ring (bicyclic) bond motifs is 1. The van der Waals surface area contributed by atoms with Crippen LogP contribution in [0, 0.1) is 29.5 Å². The number of hydrogen-bond acceptors (Lipinski definition) is 0.